The van der Waals surface area contributed by atoms with Crippen molar-refractivity contribution in [3.05, 3.63) is 34.1 Å². The van der Waals surface area contributed by atoms with Crippen LogP contribution in [-0.4, -0.2) is 18.6 Å². The van der Waals surface area contributed by atoms with Crippen LogP contribution in [0.5, 0.6) is 0 Å². The fraction of sp³-hybridized carbons (Fsp3) is 0.429. The highest BCUT2D eigenvalue weighted by Gasteiger charge is 2.10. The third-order valence-electron chi connectivity index (χ3n) is 2.69. The van der Waals surface area contributed by atoms with Gasteiger partial charge in [0.15, 0.2) is 0 Å². The zero-order valence-electron chi connectivity index (χ0n) is 11.4. The van der Waals surface area contributed by atoms with E-state index in [1.807, 2.05) is 13.0 Å². The SMILES string of the molecule is C[C@H](C#N)CNC(=O)N[C@H](C)Cc1ccc(F)c(Br)c1. The van der Waals surface area contributed by atoms with E-state index in [0.717, 1.165) is 5.56 Å². The number of urea groups is 1. The van der Waals surface area contributed by atoms with Crippen molar-refractivity contribution >= 4 is 22.0 Å². The molecule has 0 aliphatic carbocycles. The Hall–Kier alpha value is -1.61. The molecule has 20 heavy (non-hydrogen) atoms. The maximum absolute atomic E-state index is 13.1. The Balaban J connectivity index is 2.43. The maximum atomic E-state index is 13.1. The molecule has 1 rings (SSSR count). The van der Waals surface area contributed by atoms with Gasteiger partial charge in [-0.15, -0.1) is 0 Å². The smallest absolute Gasteiger partial charge is 0.315 e. The standard InChI is InChI=1S/C14H17BrFN3O/c1-9(7-17)8-18-14(20)19-10(2)5-11-3-4-13(16)12(15)6-11/h3-4,6,9-10H,5,8H2,1-2H3,(H2,18,19,20)/t9-,10-/m1/s1. The number of hydrogen-bond acceptors (Lipinski definition) is 2. The van der Waals surface area contributed by atoms with Crippen molar-refractivity contribution in [2.45, 2.75) is 26.3 Å². The summed E-state index contributed by atoms with van der Waals surface area (Å²) in [5.41, 5.74) is 0.927. The molecule has 1 aromatic carbocycles. The minimum Gasteiger partial charge on any atom is -0.337 e. The number of amides is 2. The molecule has 0 radical (unpaired) electrons. The van der Waals surface area contributed by atoms with E-state index in [2.05, 4.69) is 26.6 Å². The van der Waals surface area contributed by atoms with Crippen LogP contribution in [0.2, 0.25) is 0 Å². The molecule has 1 aromatic rings. The monoisotopic (exact) mass is 341 g/mol. The lowest BCUT2D eigenvalue weighted by atomic mass is 10.1. The van der Waals surface area contributed by atoms with Crippen LogP contribution in [0.3, 0.4) is 0 Å². The van der Waals surface area contributed by atoms with Crippen LogP contribution in [0.4, 0.5) is 9.18 Å². The number of nitriles is 1. The van der Waals surface area contributed by atoms with E-state index in [9.17, 15) is 9.18 Å². The lowest BCUT2D eigenvalue weighted by Gasteiger charge is -2.15. The Morgan fingerprint density at radius 1 is 1.50 bits per heavy atom. The number of benzene rings is 1. The summed E-state index contributed by atoms with van der Waals surface area (Å²) in [5, 5.41) is 14.0. The van der Waals surface area contributed by atoms with E-state index in [1.54, 1.807) is 19.1 Å². The first-order valence-corrected chi connectivity index (χ1v) is 7.09. The second kappa shape index (κ2) is 7.85. The number of halogens is 2. The van der Waals surface area contributed by atoms with Crippen LogP contribution in [0.1, 0.15) is 19.4 Å². The van der Waals surface area contributed by atoms with Gasteiger partial charge in [-0.2, -0.15) is 5.26 Å². The first-order chi connectivity index (χ1) is 9.42. The molecule has 2 atom stereocenters. The molecule has 0 spiro atoms. The summed E-state index contributed by atoms with van der Waals surface area (Å²) in [6.45, 7) is 3.92. The highest BCUT2D eigenvalue weighted by atomic mass is 79.9. The molecule has 108 valence electrons. The molecule has 4 nitrogen and oxygen atoms in total. The van der Waals surface area contributed by atoms with Crippen LogP contribution in [0.15, 0.2) is 22.7 Å². The molecule has 0 saturated carbocycles. The van der Waals surface area contributed by atoms with Gasteiger partial charge in [0.25, 0.3) is 0 Å². The average Bonchev–Trinajstić information content (AvgIpc) is 2.40. The van der Waals surface area contributed by atoms with Gasteiger partial charge >= 0.3 is 6.03 Å². The molecule has 0 aliphatic rings. The van der Waals surface area contributed by atoms with E-state index in [0.29, 0.717) is 17.4 Å². The van der Waals surface area contributed by atoms with Crippen molar-refractivity contribution in [3.8, 4) is 6.07 Å². The number of nitrogens with one attached hydrogen (secondary N) is 2. The summed E-state index contributed by atoms with van der Waals surface area (Å²) in [5.74, 6) is -0.526. The van der Waals surface area contributed by atoms with Gasteiger partial charge in [-0.3, -0.25) is 0 Å². The summed E-state index contributed by atoms with van der Waals surface area (Å²) in [6.07, 6.45) is 0.597. The Morgan fingerprint density at radius 3 is 2.80 bits per heavy atom. The van der Waals surface area contributed by atoms with Gasteiger partial charge in [-0.05, 0) is 53.9 Å². The highest BCUT2D eigenvalue weighted by molar-refractivity contribution is 9.10. The van der Waals surface area contributed by atoms with Crippen molar-refractivity contribution in [3.63, 3.8) is 0 Å². The third-order valence-corrected chi connectivity index (χ3v) is 3.30. The van der Waals surface area contributed by atoms with Crippen LogP contribution in [-0.2, 0) is 6.42 Å². The van der Waals surface area contributed by atoms with Gasteiger partial charge in [-0.1, -0.05) is 6.07 Å². The topological polar surface area (TPSA) is 64.9 Å². The van der Waals surface area contributed by atoms with E-state index in [4.69, 9.17) is 5.26 Å². The van der Waals surface area contributed by atoms with Crippen LogP contribution >= 0.6 is 15.9 Å². The van der Waals surface area contributed by atoms with E-state index < -0.39 is 0 Å². The summed E-state index contributed by atoms with van der Waals surface area (Å²) in [7, 11) is 0. The fourth-order valence-electron chi connectivity index (χ4n) is 1.64. The molecule has 0 heterocycles. The predicted octanol–water partition coefficient (Wildman–Crippen LogP) is 2.98. The molecule has 0 aromatic heterocycles. The maximum Gasteiger partial charge on any atom is 0.315 e. The predicted molar refractivity (Wildman–Crippen MR) is 78.6 cm³/mol. The molecular weight excluding hydrogens is 325 g/mol. The first kappa shape index (κ1) is 16.4. The molecule has 0 aliphatic heterocycles. The second-order valence-corrected chi connectivity index (χ2v) is 5.59. The highest BCUT2D eigenvalue weighted by Crippen LogP contribution is 2.17. The Labute approximate surface area is 126 Å². The van der Waals surface area contributed by atoms with Crippen molar-refractivity contribution in [2.24, 2.45) is 5.92 Å². The number of nitrogens with zero attached hydrogens (tertiary/aromatic N) is 1. The number of rotatable bonds is 5. The van der Waals surface area contributed by atoms with E-state index >= 15 is 0 Å². The molecule has 0 unspecified atom stereocenters. The quantitative estimate of drug-likeness (QED) is 0.864. The van der Waals surface area contributed by atoms with Gasteiger partial charge in [-0.25, -0.2) is 9.18 Å². The molecular formula is C14H17BrFN3O. The molecule has 2 amide bonds. The summed E-state index contributed by atoms with van der Waals surface area (Å²) >= 11 is 3.13. The van der Waals surface area contributed by atoms with Crippen molar-refractivity contribution in [2.75, 3.05) is 6.54 Å². The van der Waals surface area contributed by atoms with Gasteiger partial charge < -0.3 is 10.6 Å². The summed E-state index contributed by atoms with van der Waals surface area (Å²) in [6, 6.07) is 6.42. The normalized spacial score (nSPS) is 13.2. The van der Waals surface area contributed by atoms with Gasteiger partial charge in [0.05, 0.1) is 16.5 Å². The lowest BCUT2D eigenvalue weighted by Crippen LogP contribution is -2.42. The molecule has 0 saturated heterocycles. The number of carbonyl (C=O) groups is 1. The van der Waals surface area contributed by atoms with Gasteiger partial charge in [0.1, 0.15) is 5.82 Å². The van der Waals surface area contributed by atoms with E-state index in [1.165, 1.54) is 6.07 Å². The number of carbonyl (C=O) groups excluding carboxylic acids is 1. The van der Waals surface area contributed by atoms with Crippen molar-refractivity contribution < 1.29 is 9.18 Å². The second-order valence-electron chi connectivity index (χ2n) is 4.74. The zero-order valence-corrected chi connectivity index (χ0v) is 13.0. The molecule has 6 heteroatoms. The third kappa shape index (κ3) is 5.57. The molecule has 2 N–H and O–H groups in total. The lowest BCUT2D eigenvalue weighted by molar-refractivity contribution is 0.237. The number of hydrogen-bond donors (Lipinski definition) is 2. The first-order valence-electron chi connectivity index (χ1n) is 6.30. The molecule has 0 bridgehead atoms. The summed E-state index contributed by atoms with van der Waals surface area (Å²) < 4.78 is 13.5. The van der Waals surface area contributed by atoms with Crippen molar-refractivity contribution in [1.29, 1.82) is 5.26 Å². The molecule has 0 fully saturated rings. The van der Waals surface area contributed by atoms with Crippen LogP contribution in [0.25, 0.3) is 0 Å². The van der Waals surface area contributed by atoms with E-state index in [-0.39, 0.29) is 23.8 Å². The average molecular weight is 342 g/mol. The zero-order chi connectivity index (χ0) is 15.1. The minimum absolute atomic E-state index is 0.0928. The van der Waals surface area contributed by atoms with Gasteiger partial charge in [0, 0.05) is 12.6 Å². The Bertz CT molecular complexity index is 516. The van der Waals surface area contributed by atoms with Crippen LogP contribution in [0, 0.1) is 23.1 Å². The Morgan fingerprint density at radius 2 is 2.20 bits per heavy atom. The summed E-state index contributed by atoms with van der Waals surface area (Å²) in [4.78, 5) is 11.6. The Kier molecular flexibility index (Phi) is 6.46. The minimum atomic E-state index is -0.308. The van der Waals surface area contributed by atoms with Gasteiger partial charge in [0.2, 0.25) is 0 Å². The van der Waals surface area contributed by atoms with Crippen molar-refractivity contribution in [1.82, 2.24) is 10.6 Å². The van der Waals surface area contributed by atoms with Crippen LogP contribution < -0.4 is 10.6 Å². The largest absolute Gasteiger partial charge is 0.337 e. The fourth-order valence-corrected chi connectivity index (χ4v) is 2.06.